The van der Waals surface area contributed by atoms with Crippen molar-refractivity contribution in [3.63, 3.8) is 0 Å². The van der Waals surface area contributed by atoms with Crippen LogP contribution in [0.25, 0.3) is 0 Å². The van der Waals surface area contributed by atoms with E-state index in [-0.39, 0.29) is 23.4 Å². The van der Waals surface area contributed by atoms with E-state index in [4.69, 9.17) is 0 Å². The van der Waals surface area contributed by atoms with Crippen LogP contribution in [0.5, 0.6) is 0 Å². The third kappa shape index (κ3) is 7.54. The van der Waals surface area contributed by atoms with Crippen LogP contribution in [0, 0.1) is 3.57 Å². The quantitative estimate of drug-likeness (QED) is 0.307. The number of hydrogen-bond donors (Lipinski definition) is 1. The van der Waals surface area contributed by atoms with Crippen LogP contribution in [0.15, 0.2) is 89.8 Å². The molecule has 7 nitrogen and oxygen atoms in total. The summed E-state index contributed by atoms with van der Waals surface area (Å²) >= 11 is 2.14. The molecule has 1 N–H and O–H groups in total. The molecule has 0 aliphatic carbocycles. The van der Waals surface area contributed by atoms with Crippen LogP contribution in [0.2, 0.25) is 0 Å². The zero-order chi connectivity index (χ0) is 27.0. The average Bonchev–Trinajstić information content (AvgIpc) is 2.91. The minimum atomic E-state index is -4.05. The smallest absolute Gasteiger partial charge is 0.264 e. The van der Waals surface area contributed by atoms with Crippen molar-refractivity contribution < 1.29 is 18.0 Å². The van der Waals surface area contributed by atoms with Gasteiger partial charge in [0.1, 0.15) is 12.6 Å². The lowest BCUT2D eigenvalue weighted by molar-refractivity contribution is -0.139. The second kappa shape index (κ2) is 13.0. The van der Waals surface area contributed by atoms with Gasteiger partial charge >= 0.3 is 0 Å². The predicted molar refractivity (Wildman–Crippen MR) is 154 cm³/mol. The van der Waals surface area contributed by atoms with Crippen molar-refractivity contribution in [3.8, 4) is 0 Å². The van der Waals surface area contributed by atoms with Gasteiger partial charge in [0.25, 0.3) is 10.0 Å². The highest BCUT2D eigenvalue weighted by Gasteiger charge is 2.32. The molecule has 0 heterocycles. The summed E-state index contributed by atoms with van der Waals surface area (Å²) in [7, 11) is -4.05. The van der Waals surface area contributed by atoms with Gasteiger partial charge in [-0.1, -0.05) is 55.5 Å². The number of carbonyl (C=O) groups excluding carboxylic acids is 2. The maximum Gasteiger partial charge on any atom is 0.264 e. The number of benzene rings is 3. The van der Waals surface area contributed by atoms with Gasteiger partial charge in [-0.3, -0.25) is 13.9 Å². The molecular weight excluding hydrogens is 601 g/mol. The first-order chi connectivity index (χ1) is 17.6. The first-order valence-electron chi connectivity index (χ1n) is 12.1. The zero-order valence-corrected chi connectivity index (χ0v) is 24.1. The number of carbonyl (C=O) groups is 2. The molecular formula is C28H32IN3O4S. The standard InChI is InChI=1S/C28H32IN3O4S/c1-4-21(2)30-28(34)22(3)31(19-23-11-7-5-8-12-23)27(33)20-32(25-17-15-24(29)16-18-25)37(35,36)26-13-9-6-10-14-26/h5-18,21-22H,4,19-20H2,1-3H3,(H,30,34). The van der Waals surface area contributed by atoms with Gasteiger partial charge in [0.2, 0.25) is 11.8 Å². The van der Waals surface area contributed by atoms with Crippen LogP contribution >= 0.6 is 22.6 Å². The Labute approximate surface area is 233 Å². The molecule has 0 aliphatic rings. The van der Waals surface area contributed by atoms with E-state index < -0.39 is 28.5 Å². The van der Waals surface area contributed by atoms with E-state index in [0.717, 1.165) is 19.9 Å². The second-order valence-corrected chi connectivity index (χ2v) is 11.9. The summed E-state index contributed by atoms with van der Waals surface area (Å²) in [5.41, 5.74) is 1.21. The summed E-state index contributed by atoms with van der Waals surface area (Å²) in [6, 6.07) is 23.4. The molecule has 0 saturated carbocycles. The van der Waals surface area contributed by atoms with Gasteiger partial charge in [-0.2, -0.15) is 0 Å². The number of halogens is 1. The Morgan fingerprint density at radius 2 is 1.46 bits per heavy atom. The Morgan fingerprint density at radius 3 is 2.03 bits per heavy atom. The van der Waals surface area contributed by atoms with E-state index in [0.29, 0.717) is 5.69 Å². The maximum atomic E-state index is 13.8. The van der Waals surface area contributed by atoms with Gasteiger partial charge in [-0.25, -0.2) is 8.42 Å². The molecule has 0 radical (unpaired) electrons. The first-order valence-corrected chi connectivity index (χ1v) is 14.6. The fourth-order valence-electron chi connectivity index (χ4n) is 3.68. The summed E-state index contributed by atoms with van der Waals surface area (Å²) < 4.78 is 29.4. The lowest BCUT2D eigenvalue weighted by Gasteiger charge is -2.32. The molecule has 3 rings (SSSR count). The number of nitrogens with zero attached hydrogens (tertiary/aromatic N) is 2. The first kappa shape index (κ1) is 28.6. The Kier molecular flexibility index (Phi) is 10.1. The Bertz CT molecular complexity index is 1290. The molecule has 0 aliphatic heterocycles. The molecule has 2 unspecified atom stereocenters. The van der Waals surface area contributed by atoms with Gasteiger partial charge in [0.15, 0.2) is 0 Å². The summed E-state index contributed by atoms with van der Waals surface area (Å²) in [6.45, 7) is 5.25. The van der Waals surface area contributed by atoms with Crippen LogP contribution in [0.1, 0.15) is 32.8 Å². The molecule has 0 saturated heterocycles. The molecule has 2 atom stereocenters. The Morgan fingerprint density at radius 1 is 0.892 bits per heavy atom. The summed E-state index contributed by atoms with van der Waals surface area (Å²) in [4.78, 5) is 28.4. The molecule has 3 aromatic rings. The number of amides is 2. The van der Waals surface area contributed by atoms with Crippen molar-refractivity contribution in [1.29, 1.82) is 0 Å². The van der Waals surface area contributed by atoms with Crippen LogP contribution in [0.3, 0.4) is 0 Å². The lowest BCUT2D eigenvalue weighted by Crippen LogP contribution is -2.52. The highest BCUT2D eigenvalue weighted by Crippen LogP contribution is 2.25. The zero-order valence-electron chi connectivity index (χ0n) is 21.2. The molecule has 2 amide bonds. The molecule has 0 bridgehead atoms. The van der Waals surface area contributed by atoms with Gasteiger partial charge in [0, 0.05) is 16.2 Å². The fourth-order valence-corrected chi connectivity index (χ4v) is 5.48. The third-order valence-corrected chi connectivity index (χ3v) is 8.60. The van der Waals surface area contributed by atoms with E-state index in [1.54, 1.807) is 49.4 Å². The molecule has 0 fully saturated rings. The minimum Gasteiger partial charge on any atom is -0.352 e. The van der Waals surface area contributed by atoms with E-state index in [2.05, 4.69) is 27.9 Å². The Balaban J connectivity index is 1.99. The van der Waals surface area contributed by atoms with Crippen molar-refractivity contribution in [2.75, 3.05) is 10.8 Å². The number of sulfonamides is 1. The van der Waals surface area contributed by atoms with Crippen molar-refractivity contribution in [1.82, 2.24) is 10.2 Å². The number of rotatable bonds is 11. The SMILES string of the molecule is CCC(C)NC(=O)C(C)N(Cc1ccccc1)C(=O)CN(c1ccc(I)cc1)S(=O)(=O)c1ccccc1. The number of nitrogens with one attached hydrogen (secondary N) is 1. The molecule has 0 spiro atoms. The molecule has 196 valence electrons. The number of anilines is 1. The van der Waals surface area contributed by atoms with E-state index in [1.807, 2.05) is 44.2 Å². The normalized spacial score (nSPS) is 12.9. The summed E-state index contributed by atoms with van der Waals surface area (Å²) in [6.07, 6.45) is 0.751. The lowest BCUT2D eigenvalue weighted by atomic mass is 10.1. The molecule has 0 aromatic heterocycles. The fraction of sp³-hybridized carbons (Fsp3) is 0.286. The topological polar surface area (TPSA) is 86.8 Å². The van der Waals surface area contributed by atoms with E-state index >= 15 is 0 Å². The van der Waals surface area contributed by atoms with Gasteiger partial charge in [-0.05, 0) is 84.8 Å². The molecule has 3 aromatic carbocycles. The van der Waals surface area contributed by atoms with Crippen molar-refractivity contribution in [2.24, 2.45) is 0 Å². The van der Waals surface area contributed by atoms with E-state index in [1.165, 1.54) is 17.0 Å². The monoisotopic (exact) mass is 633 g/mol. The summed E-state index contributed by atoms with van der Waals surface area (Å²) in [5.74, 6) is -0.765. The maximum absolute atomic E-state index is 13.8. The van der Waals surface area contributed by atoms with Crippen LogP contribution in [-0.2, 0) is 26.2 Å². The summed E-state index contributed by atoms with van der Waals surface area (Å²) in [5, 5.41) is 2.93. The highest BCUT2D eigenvalue weighted by molar-refractivity contribution is 14.1. The predicted octanol–water partition coefficient (Wildman–Crippen LogP) is 4.82. The van der Waals surface area contributed by atoms with Crippen molar-refractivity contribution >= 4 is 50.1 Å². The van der Waals surface area contributed by atoms with Crippen molar-refractivity contribution in [3.05, 3.63) is 94.1 Å². The minimum absolute atomic E-state index is 0.0506. The largest absolute Gasteiger partial charge is 0.352 e. The molecule has 9 heteroatoms. The van der Waals surface area contributed by atoms with Gasteiger partial charge in [-0.15, -0.1) is 0 Å². The van der Waals surface area contributed by atoms with Crippen molar-refractivity contribution in [2.45, 2.75) is 50.7 Å². The highest BCUT2D eigenvalue weighted by atomic mass is 127. The van der Waals surface area contributed by atoms with Crippen LogP contribution in [0.4, 0.5) is 5.69 Å². The third-order valence-electron chi connectivity index (χ3n) is 6.09. The van der Waals surface area contributed by atoms with Gasteiger partial charge < -0.3 is 10.2 Å². The Hall–Kier alpha value is -2.92. The number of hydrogen-bond acceptors (Lipinski definition) is 4. The van der Waals surface area contributed by atoms with Crippen LogP contribution in [-0.4, -0.2) is 43.8 Å². The molecule has 37 heavy (non-hydrogen) atoms. The van der Waals surface area contributed by atoms with Crippen LogP contribution < -0.4 is 9.62 Å². The average molecular weight is 634 g/mol. The van der Waals surface area contributed by atoms with E-state index in [9.17, 15) is 18.0 Å². The van der Waals surface area contributed by atoms with Gasteiger partial charge in [0.05, 0.1) is 10.6 Å². The second-order valence-electron chi connectivity index (χ2n) is 8.80.